The average molecular weight is 232 g/mol. The molecule has 0 saturated carbocycles. The second-order valence-corrected chi connectivity index (χ2v) is 1.08. The normalized spacial score (nSPS) is 6.00. The highest BCUT2D eigenvalue weighted by Gasteiger charge is 1.69. The third-order valence-electron chi connectivity index (χ3n) is 0.512. The lowest BCUT2D eigenvalue weighted by Gasteiger charge is -1.79. The minimum Gasteiger partial charge on any atom is -0.396 e. The first-order valence-electron chi connectivity index (χ1n) is 2.02. The lowest BCUT2D eigenvalue weighted by Crippen LogP contribution is -1.75. The predicted molar refractivity (Wildman–Crippen MR) is 47.3 cm³/mol. The van der Waals surface area contributed by atoms with Gasteiger partial charge in [-0.15, -0.1) is 24.0 Å². The Labute approximate surface area is 72.6 Å². The lowest BCUT2D eigenvalue weighted by atomic mass is 10.4. The Morgan fingerprint density at radius 3 is 1.86 bits per heavy atom. The highest BCUT2D eigenvalue weighted by molar-refractivity contribution is 14.0. The first-order valence-corrected chi connectivity index (χ1v) is 2.02. The van der Waals surface area contributed by atoms with E-state index < -0.39 is 0 Å². The Hall–Kier alpha value is 1.22. The van der Waals surface area contributed by atoms with Crippen molar-refractivity contribution in [1.29, 1.82) is 0 Å². The van der Waals surface area contributed by atoms with Crippen molar-refractivity contribution in [2.24, 2.45) is 0 Å². The monoisotopic (exact) mass is 232 g/mol. The highest BCUT2D eigenvalue weighted by Crippen LogP contribution is 1.78. The topological polar surface area (TPSA) is 20.2 Å². The molecule has 3 heteroatoms. The van der Waals surface area contributed by atoms with Crippen molar-refractivity contribution in [3.8, 4) is 0 Å². The van der Waals surface area contributed by atoms with Crippen LogP contribution in [-0.4, -0.2) is 29.1 Å². The van der Waals surface area contributed by atoms with Crippen molar-refractivity contribution in [3.05, 3.63) is 0 Å². The Bertz CT molecular complexity index is 19.2. The molecule has 0 aromatic heterocycles. The second-order valence-electron chi connectivity index (χ2n) is 1.08. The minimum atomic E-state index is 0. The number of unbranched alkanes of at least 4 members (excludes halogenated alkanes) is 1. The van der Waals surface area contributed by atoms with Gasteiger partial charge in [0, 0.05) is 6.61 Å². The molecule has 1 N–H and O–H groups in total. The summed E-state index contributed by atoms with van der Waals surface area (Å²) in [4.78, 5) is 0. The van der Waals surface area contributed by atoms with Crippen LogP contribution in [0.5, 0.6) is 0 Å². The largest absolute Gasteiger partial charge is 0.396 e. The number of aliphatic hydroxyl groups excluding tert-OH is 1. The molecular formula is C4H14AlIO. The molecule has 0 heterocycles. The molecule has 0 saturated heterocycles. The third kappa shape index (κ3) is 19.0. The molecular weight excluding hydrogens is 218 g/mol. The molecule has 0 atom stereocenters. The fourth-order valence-corrected chi connectivity index (χ4v) is 0.158. The molecule has 46 valence electrons. The van der Waals surface area contributed by atoms with Crippen LogP contribution < -0.4 is 0 Å². The standard InChI is InChI=1S/C4H10O.Al.HI.3H/c1-2-3-4-5;;;;;/h5H,2-4H2,1H3;;1H;;;. The summed E-state index contributed by atoms with van der Waals surface area (Å²) in [7, 11) is 0. The van der Waals surface area contributed by atoms with Crippen molar-refractivity contribution in [1.82, 2.24) is 0 Å². The van der Waals surface area contributed by atoms with Gasteiger partial charge in [-0.1, -0.05) is 13.3 Å². The molecule has 0 fully saturated rings. The smallest absolute Gasteiger partial charge is 0.187 e. The molecule has 0 radical (unpaired) electrons. The first-order chi connectivity index (χ1) is 2.41. The van der Waals surface area contributed by atoms with Gasteiger partial charge in [-0.2, -0.15) is 0 Å². The summed E-state index contributed by atoms with van der Waals surface area (Å²) in [6.07, 6.45) is 2.04. The third-order valence-corrected chi connectivity index (χ3v) is 0.512. The van der Waals surface area contributed by atoms with Crippen LogP contribution in [0.15, 0.2) is 0 Å². The average Bonchev–Trinajstić information content (AvgIpc) is 1.41. The zero-order chi connectivity index (χ0) is 4.12. The molecule has 1 nitrogen and oxygen atoms in total. The van der Waals surface area contributed by atoms with Gasteiger partial charge < -0.3 is 5.11 Å². The van der Waals surface area contributed by atoms with Crippen LogP contribution in [0.25, 0.3) is 0 Å². The molecule has 0 amide bonds. The predicted octanol–water partition coefficient (Wildman–Crippen LogP) is 0.213. The number of hydrogen-bond donors (Lipinski definition) is 1. The van der Waals surface area contributed by atoms with Crippen LogP contribution in [0.2, 0.25) is 0 Å². The fourth-order valence-electron chi connectivity index (χ4n) is 0.158. The first kappa shape index (κ1) is 15.7. The zero-order valence-corrected chi connectivity index (χ0v) is 6.31. The maximum atomic E-state index is 8.07. The summed E-state index contributed by atoms with van der Waals surface area (Å²) in [5.41, 5.74) is 0. The Kier molecular flexibility index (Phi) is 35.2. The van der Waals surface area contributed by atoms with Gasteiger partial charge in [-0.05, 0) is 6.42 Å². The van der Waals surface area contributed by atoms with Gasteiger partial charge >= 0.3 is 0 Å². The zero-order valence-electron chi connectivity index (χ0n) is 3.98. The number of aliphatic hydroxyl groups is 1. The molecule has 0 bridgehead atoms. The number of rotatable bonds is 2. The van der Waals surface area contributed by atoms with E-state index in [4.69, 9.17) is 5.11 Å². The SMILES string of the molecule is CCCCO.I.[AlH3]. The van der Waals surface area contributed by atoms with E-state index >= 15 is 0 Å². The van der Waals surface area contributed by atoms with E-state index in [-0.39, 0.29) is 41.3 Å². The quantitative estimate of drug-likeness (QED) is 0.533. The van der Waals surface area contributed by atoms with Gasteiger partial charge in [0.25, 0.3) is 0 Å². The maximum Gasteiger partial charge on any atom is 0.187 e. The molecule has 0 aromatic rings. The maximum absolute atomic E-state index is 8.07. The molecule has 0 spiro atoms. The van der Waals surface area contributed by atoms with Crippen LogP contribution >= 0.6 is 24.0 Å². The van der Waals surface area contributed by atoms with E-state index in [1.54, 1.807) is 0 Å². The molecule has 0 aromatic carbocycles. The summed E-state index contributed by atoms with van der Waals surface area (Å²) in [6.45, 7) is 2.40. The summed E-state index contributed by atoms with van der Waals surface area (Å²) in [6, 6.07) is 0. The summed E-state index contributed by atoms with van der Waals surface area (Å²) in [5, 5.41) is 8.07. The van der Waals surface area contributed by atoms with Crippen molar-refractivity contribution in [3.63, 3.8) is 0 Å². The second kappa shape index (κ2) is 15.7. The Morgan fingerprint density at radius 2 is 1.86 bits per heavy atom. The van der Waals surface area contributed by atoms with Crippen molar-refractivity contribution >= 4 is 41.3 Å². The summed E-state index contributed by atoms with van der Waals surface area (Å²) < 4.78 is 0. The van der Waals surface area contributed by atoms with Gasteiger partial charge in [0.2, 0.25) is 0 Å². The number of hydrogen-bond acceptors (Lipinski definition) is 1. The van der Waals surface area contributed by atoms with Crippen molar-refractivity contribution < 1.29 is 5.11 Å². The molecule has 0 aliphatic rings. The van der Waals surface area contributed by atoms with Crippen LogP contribution in [0.1, 0.15) is 19.8 Å². The molecule has 0 aliphatic carbocycles. The number of halogens is 1. The van der Waals surface area contributed by atoms with Crippen LogP contribution in [0.4, 0.5) is 0 Å². The Morgan fingerprint density at radius 1 is 1.43 bits per heavy atom. The molecule has 0 rings (SSSR count). The molecule has 0 aliphatic heterocycles. The summed E-state index contributed by atoms with van der Waals surface area (Å²) >= 11 is 0. The van der Waals surface area contributed by atoms with Crippen LogP contribution in [0.3, 0.4) is 0 Å². The summed E-state index contributed by atoms with van der Waals surface area (Å²) in [5.74, 6) is 0. The molecule has 0 unspecified atom stereocenters. The van der Waals surface area contributed by atoms with Gasteiger partial charge in [-0.25, -0.2) is 0 Å². The van der Waals surface area contributed by atoms with E-state index in [1.165, 1.54) is 0 Å². The van der Waals surface area contributed by atoms with E-state index in [0.717, 1.165) is 12.8 Å². The van der Waals surface area contributed by atoms with Gasteiger partial charge in [0.1, 0.15) is 0 Å². The van der Waals surface area contributed by atoms with Gasteiger partial charge in [0.05, 0.1) is 0 Å². The van der Waals surface area contributed by atoms with E-state index in [1.807, 2.05) is 0 Å². The lowest BCUT2D eigenvalue weighted by molar-refractivity contribution is 0.287. The minimum absolute atomic E-state index is 0. The van der Waals surface area contributed by atoms with E-state index in [9.17, 15) is 0 Å². The molecule has 7 heavy (non-hydrogen) atoms. The van der Waals surface area contributed by atoms with Gasteiger partial charge in [0.15, 0.2) is 17.4 Å². The highest BCUT2D eigenvalue weighted by atomic mass is 127. The van der Waals surface area contributed by atoms with Crippen LogP contribution in [-0.2, 0) is 0 Å². The van der Waals surface area contributed by atoms with E-state index in [0.29, 0.717) is 6.61 Å². The Balaban J connectivity index is -0.0000000800. The van der Waals surface area contributed by atoms with Crippen LogP contribution in [0, 0.1) is 0 Å². The van der Waals surface area contributed by atoms with Crippen molar-refractivity contribution in [2.75, 3.05) is 6.61 Å². The van der Waals surface area contributed by atoms with Crippen molar-refractivity contribution in [2.45, 2.75) is 19.8 Å². The van der Waals surface area contributed by atoms with Gasteiger partial charge in [-0.3, -0.25) is 0 Å². The fraction of sp³-hybridized carbons (Fsp3) is 1.00. The van der Waals surface area contributed by atoms with E-state index in [2.05, 4.69) is 6.92 Å².